The molecule has 1 heterocycles. The van der Waals surface area contributed by atoms with Gasteiger partial charge in [-0.15, -0.1) is 0 Å². The number of amides is 1. The Labute approximate surface area is 204 Å². The first-order valence-corrected chi connectivity index (χ1v) is 11.8. The zero-order chi connectivity index (χ0) is 23.8. The van der Waals surface area contributed by atoms with Gasteiger partial charge in [0.2, 0.25) is 0 Å². The van der Waals surface area contributed by atoms with Crippen molar-refractivity contribution >= 4 is 35.1 Å². The van der Waals surface area contributed by atoms with Crippen molar-refractivity contribution in [3.8, 4) is 0 Å². The summed E-state index contributed by atoms with van der Waals surface area (Å²) in [5, 5.41) is 1.18. The Morgan fingerprint density at radius 3 is 2.39 bits per heavy atom. The number of hydrogen-bond acceptors (Lipinski definition) is 4. The number of carbonyl (C=O) groups excluding carboxylic acids is 2. The van der Waals surface area contributed by atoms with Crippen LogP contribution in [-0.2, 0) is 19.1 Å². The van der Waals surface area contributed by atoms with Gasteiger partial charge in [-0.05, 0) is 74.9 Å². The van der Waals surface area contributed by atoms with Crippen molar-refractivity contribution in [2.45, 2.75) is 51.4 Å². The highest BCUT2D eigenvalue weighted by molar-refractivity contribution is 6.30. The van der Waals surface area contributed by atoms with Gasteiger partial charge in [0.25, 0.3) is 5.91 Å². The number of esters is 1. The summed E-state index contributed by atoms with van der Waals surface area (Å²) in [6.07, 6.45) is 2.74. The van der Waals surface area contributed by atoms with E-state index < -0.39 is 23.7 Å². The molecule has 2 aliphatic rings. The molecule has 0 unspecified atom stereocenters. The van der Waals surface area contributed by atoms with E-state index in [9.17, 15) is 9.59 Å². The van der Waals surface area contributed by atoms with E-state index >= 15 is 0 Å². The minimum atomic E-state index is -0.683. The molecule has 0 spiro atoms. The number of morpholine rings is 1. The summed E-state index contributed by atoms with van der Waals surface area (Å²) in [6.45, 7) is 5.91. The number of carbonyl (C=O) groups is 2. The monoisotopic (exact) mass is 487 g/mol. The van der Waals surface area contributed by atoms with Crippen LogP contribution in [0.1, 0.15) is 56.9 Å². The van der Waals surface area contributed by atoms with Crippen LogP contribution in [0.15, 0.2) is 60.4 Å². The van der Waals surface area contributed by atoms with Crippen molar-refractivity contribution < 1.29 is 19.1 Å². The SMILES string of the molecule is CC(C)(C)OC(=O)/C=C1/O[C@H](c2cccc(Cl)c2)[C@@H](c2ccc(Cl)cc2)N(CC2CC2)C1=O. The lowest BCUT2D eigenvalue weighted by Gasteiger charge is -2.42. The minimum absolute atomic E-state index is 0.0277. The molecule has 2 aromatic rings. The van der Waals surface area contributed by atoms with Crippen LogP contribution in [0.3, 0.4) is 0 Å². The lowest BCUT2D eigenvalue weighted by Crippen LogP contribution is -2.45. The maximum atomic E-state index is 13.6. The van der Waals surface area contributed by atoms with Gasteiger partial charge in [-0.1, -0.05) is 47.5 Å². The smallest absolute Gasteiger partial charge is 0.335 e. The van der Waals surface area contributed by atoms with Crippen LogP contribution < -0.4 is 0 Å². The second kappa shape index (κ2) is 9.40. The molecule has 33 heavy (non-hydrogen) atoms. The Morgan fingerprint density at radius 1 is 1.09 bits per heavy atom. The predicted molar refractivity (Wildman–Crippen MR) is 128 cm³/mol. The van der Waals surface area contributed by atoms with E-state index in [4.69, 9.17) is 32.7 Å². The molecule has 2 fully saturated rings. The molecule has 2 aromatic carbocycles. The Bertz CT molecular complexity index is 1070. The maximum Gasteiger partial charge on any atom is 0.335 e. The Morgan fingerprint density at radius 2 is 1.79 bits per heavy atom. The highest BCUT2D eigenvalue weighted by atomic mass is 35.5. The van der Waals surface area contributed by atoms with Crippen LogP contribution >= 0.6 is 23.2 Å². The Kier molecular flexibility index (Phi) is 6.73. The molecule has 1 saturated heterocycles. The van der Waals surface area contributed by atoms with Gasteiger partial charge in [-0.2, -0.15) is 0 Å². The molecule has 4 rings (SSSR count). The Balaban J connectivity index is 1.78. The van der Waals surface area contributed by atoms with Crippen molar-refractivity contribution in [3.05, 3.63) is 81.5 Å². The van der Waals surface area contributed by atoms with Gasteiger partial charge in [-0.3, -0.25) is 4.79 Å². The van der Waals surface area contributed by atoms with E-state index in [1.54, 1.807) is 39.0 Å². The molecule has 1 saturated carbocycles. The molecule has 5 nitrogen and oxygen atoms in total. The summed E-state index contributed by atoms with van der Waals surface area (Å²) in [4.78, 5) is 27.9. The number of benzene rings is 2. The van der Waals surface area contributed by atoms with E-state index in [2.05, 4.69) is 0 Å². The van der Waals surface area contributed by atoms with Gasteiger partial charge in [0, 0.05) is 16.6 Å². The van der Waals surface area contributed by atoms with Gasteiger partial charge in [0.1, 0.15) is 11.7 Å². The average Bonchev–Trinajstić information content (AvgIpc) is 3.54. The van der Waals surface area contributed by atoms with Crippen molar-refractivity contribution in [3.63, 3.8) is 0 Å². The first-order chi connectivity index (χ1) is 15.6. The fourth-order valence-electron chi connectivity index (χ4n) is 3.94. The number of rotatable bonds is 5. The average molecular weight is 488 g/mol. The third-order valence-electron chi connectivity index (χ3n) is 5.54. The zero-order valence-corrected chi connectivity index (χ0v) is 20.4. The van der Waals surface area contributed by atoms with Gasteiger partial charge in [0.05, 0.1) is 12.1 Å². The van der Waals surface area contributed by atoms with E-state index in [1.807, 2.05) is 35.2 Å². The quantitative estimate of drug-likeness (QED) is 0.368. The normalized spacial score (nSPS) is 22.3. The second-order valence-electron chi connectivity index (χ2n) is 9.53. The Hall–Kier alpha value is -2.50. The van der Waals surface area contributed by atoms with E-state index in [1.165, 1.54) is 0 Å². The van der Waals surface area contributed by atoms with Crippen molar-refractivity contribution in [2.75, 3.05) is 6.54 Å². The van der Waals surface area contributed by atoms with Gasteiger partial charge in [-0.25, -0.2) is 4.79 Å². The lowest BCUT2D eigenvalue weighted by molar-refractivity contribution is -0.153. The fraction of sp³-hybridized carbons (Fsp3) is 0.385. The highest BCUT2D eigenvalue weighted by Gasteiger charge is 2.44. The van der Waals surface area contributed by atoms with Crippen LogP contribution in [-0.4, -0.2) is 28.9 Å². The minimum Gasteiger partial charge on any atom is -0.477 e. The van der Waals surface area contributed by atoms with Crippen LogP contribution in [0.2, 0.25) is 10.0 Å². The third-order valence-corrected chi connectivity index (χ3v) is 6.03. The lowest BCUT2D eigenvalue weighted by atomic mass is 9.92. The van der Waals surface area contributed by atoms with Gasteiger partial charge >= 0.3 is 5.97 Å². The van der Waals surface area contributed by atoms with Crippen LogP contribution in [0.5, 0.6) is 0 Å². The van der Waals surface area contributed by atoms with Crippen molar-refractivity contribution in [1.29, 1.82) is 0 Å². The van der Waals surface area contributed by atoms with Crippen molar-refractivity contribution in [2.24, 2.45) is 5.92 Å². The molecule has 0 aromatic heterocycles. The molecular weight excluding hydrogens is 461 g/mol. The zero-order valence-electron chi connectivity index (χ0n) is 18.9. The summed E-state index contributed by atoms with van der Waals surface area (Å²) in [6, 6.07) is 14.4. The molecule has 1 amide bonds. The summed E-state index contributed by atoms with van der Waals surface area (Å²) in [5.41, 5.74) is 1.03. The molecule has 174 valence electrons. The second-order valence-corrected chi connectivity index (χ2v) is 10.4. The van der Waals surface area contributed by atoms with Gasteiger partial charge < -0.3 is 14.4 Å². The number of halogens is 2. The standard InChI is InChI=1S/C26H27Cl2NO4/c1-26(2,3)33-22(30)14-21-25(31)29(15-16-7-8-16)23(17-9-11-19(27)12-10-17)24(32-21)18-5-4-6-20(28)13-18/h4-6,9-14,16,23-24H,7-8,15H2,1-3H3/b21-14+/t23-,24-/m1/s1. The third kappa shape index (κ3) is 5.90. The summed E-state index contributed by atoms with van der Waals surface area (Å²) in [5.74, 6) is -0.539. The fourth-order valence-corrected chi connectivity index (χ4v) is 4.27. The first-order valence-electron chi connectivity index (χ1n) is 11.0. The molecule has 7 heteroatoms. The largest absolute Gasteiger partial charge is 0.477 e. The molecule has 0 radical (unpaired) electrons. The first kappa shape index (κ1) is 23.7. The van der Waals surface area contributed by atoms with Crippen LogP contribution in [0, 0.1) is 5.92 Å². The molecular formula is C26H27Cl2NO4. The van der Waals surface area contributed by atoms with Gasteiger partial charge in [0.15, 0.2) is 5.76 Å². The summed E-state index contributed by atoms with van der Waals surface area (Å²) < 4.78 is 11.6. The molecule has 1 aliphatic carbocycles. The predicted octanol–water partition coefficient (Wildman–Crippen LogP) is 6.27. The molecule has 0 bridgehead atoms. The molecule has 0 N–H and O–H groups in total. The van der Waals surface area contributed by atoms with E-state index in [-0.39, 0.29) is 11.7 Å². The van der Waals surface area contributed by atoms with Crippen molar-refractivity contribution in [1.82, 2.24) is 4.90 Å². The number of ether oxygens (including phenoxy) is 2. The van der Waals surface area contributed by atoms with E-state index in [0.717, 1.165) is 30.0 Å². The van der Waals surface area contributed by atoms with Crippen LogP contribution in [0.25, 0.3) is 0 Å². The van der Waals surface area contributed by atoms with E-state index in [0.29, 0.717) is 22.5 Å². The molecule has 2 atom stereocenters. The van der Waals surface area contributed by atoms with Crippen LogP contribution in [0.4, 0.5) is 0 Å². The molecule has 1 aliphatic heterocycles. The maximum absolute atomic E-state index is 13.6. The number of hydrogen-bond donors (Lipinski definition) is 0. The summed E-state index contributed by atoms with van der Waals surface area (Å²) >= 11 is 12.4. The number of nitrogens with zero attached hydrogens (tertiary/aromatic N) is 1. The topological polar surface area (TPSA) is 55.8 Å². The summed E-state index contributed by atoms with van der Waals surface area (Å²) in [7, 11) is 0. The highest BCUT2D eigenvalue weighted by Crippen LogP contribution is 2.45.